The quantitative estimate of drug-likeness (QED) is 0.422. The number of aromatic nitrogens is 1. The van der Waals surface area contributed by atoms with Crippen molar-refractivity contribution in [3.63, 3.8) is 0 Å². The molecule has 32 heavy (non-hydrogen) atoms. The van der Waals surface area contributed by atoms with Crippen LogP contribution in [0.25, 0.3) is 10.9 Å². The van der Waals surface area contributed by atoms with E-state index in [4.69, 9.17) is 4.74 Å². The maximum atomic E-state index is 12.1. The van der Waals surface area contributed by atoms with Crippen LogP contribution in [-0.2, 0) is 22.5 Å². The Kier molecular flexibility index (Phi) is 6.47. The zero-order valence-electron chi connectivity index (χ0n) is 18.1. The number of nitrogens with zero attached hydrogens (tertiary/aromatic N) is 2. The standard InChI is InChI=1S/C23H25N3O6/c1-23(2,3)32-22(29)24-19(21(27)28)12-16-14-25(20-7-5-4-6-18(16)20)13-15-8-10-17(11-9-15)26(30)31/h4-11,14,19H,12-13H2,1-3H3,(H,24,29)(H,27,28). The number of benzene rings is 2. The molecule has 9 nitrogen and oxygen atoms in total. The van der Waals surface area contributed by atoms with Crippen LogP contribution in [-0.4, -0.2) is 38.3 Å². The largest absolute Gasteiger partial charge is 0.480 e. The van der Waals surface area contributed by atoms with Crippen molar-refractivity contribution in [2.45, 2.75) is 45.4 Å². The van der Waals surface area contributed by atoms with Crippen molar-refractivity contribution in [1.29, 1.82) is 0 Å². The number of non-ortho nitro benzene ring substituents is 1. The van der Waals surface area contributed by atoms with E-state index in [0.717, 1.165) is 22.0 Å². The summed E-state index contributed by atoms with van der Waals surface area (Å²) < 4.78 is 7.14. The number of fused-ring (bicyclic) bond motifs is 1. The lowest BCUT2D eigenvalue weighted by atomic mass is 10.1. The molecule has 9 heteroatoms. The molecule has 1 aromatic heterocycles. The van der Waals surface area contributed by atoms with Crippen molar-refractivity contribution in [2.75, 3.05) is 0 Å². The number of alkyl carbamates (subject to hydrolysis) is 1. The summed E-state index contributed by atoms with van der Waals surface area (Å²) in [6.45, 7) is 5.56. The minimum Gasteiger partial charge on any atom is -0.480 e. The molecule has 0 radical (unpaired) electrons. The van der Waals surface area contributed by atoms with E-state index >= 15 is 0 Å². The molecule has 0 aliphatic rings. The van der Waals surface area contributed by atoms with Gasteiger partial charge in [-0.1, -0.05) is 30.3 Å². The highest BCUT2D eigenvalue weighted by atomic mass is 16.6. The SMILES string of the molecule is CC(C)(C)OC(=O)NC(Cc1cn(Cc2ccc([N+](=O)[O-])cc2)c2ccccc12)C(=O)O. The average molecular weight is 439 g/mol. The molecule has 168 valence electrons. The van der Waals surface area contributed by atoms with Gasteiger partial charge in [-0.15, -0.1) is 0 Å². The Labute approximate surface area is 184 Å². The van der Waals surface area contributed by atoms with Crippen LogP contribution in [0, 0.1) is 10.1 Å². The molecule has 1 atom stereocenters. The molecular weight excluding hydrogens is 414 g/mol. The lowest BCUT2D eigenvalue weighted by Gasteiger charge is -2.22. The number of carboxylic acid groups (broad SMARTS) is 1. The van der Waals surface area contributed by atoms with Gasteiger partial charge in [-0.2, -0.15) is 0 Å². The fraction of sp³-hybridized carbons (Fsp3) is 0.304. The molecule has 0 saturated carbocycles. The van der Waals surface area contributed by atoms with E-state index in [-0.39, 0.29) is 12.1 Å². The molecular formula is C23H25N3O6. The number of aliphatic carboxylic acids is 1. The summed E-state index contributed by atoms with van der Waals surface area (Å²) in [5.74, 6) is -1.16. The van der Waals surface area contributed by atoms with Gasteiger partial charge in [0, 0.05) is 42.2 Å². The van der Waals surface area contributed by atoms with Crippen molar-refractivity contribution < 1.29 is 24.4 Å². The van der Waals surface area contributed by atoms with E-state index < -0.39 is 28.6 Å². The summed E-state index contributed by atoms with van der Waals surface area (Å²) >= 11 is 0. The number of para-hydroxylation sites is 1. The van der Waals surface area contributed by atoms with E-state index in [1.165, 1.54) is 12.1 Å². The number of hydrogen-bond donors (Lipinski definition) is 2. The van der Waals surface area contributed by atoms with Crippen LogP contribution >= 0.6 is 0 Å². The zero-order valence-corrected chi connectivity index (χ0v) is 18.1. The van der Waals surface area contributed by atoms with Crippen LogP contribution < -0.4 is 5.32 Å². The third-order valence-corrected chi connectivity index (χ3v) is 4.78. The minimum absolute atomic E-state index is 0.0179. The van der Waals surface area contributed by atoms with Crippen LogP contribution in [0.15, 0.2) is 54.7 Å². The van der Waals surface area contributed by atoms with E-state index in [9.17, 15) is 24.8 Å². The molecule has 3 aromatic rings. The molecule has 3 rings (SSSR count). The lowest BCUT2D eigenvalue weighted by Crippen LogP contribution is -2.44. The maximum Gasteiger partial charge on any atom is 0.408 e. The van der Waals surface area contributed by atoms with E-state index in [1.807, 2.05) is 35.0 Å². The van der Waals surface area contributed by atoms with Gasteiger partial charge in [0.25, 0.3) is 5.69 Å². The number of amides is 1. The summed E-state index contributed by atoms with van der Waals surface area (Å²) in [4.78, 5) is 34.3. The van der Waals surface area contributed by atoms with Crippen molar-refractivity contribution in [3.8, 4) is 0 Å². The first kappa shape index (κ1) is 22.8. The highest BCUT2D eigenvalue weighted by Crippen LogP contribution is 2.24. The minimum atomic E-state index is -1.16. The number of nitrogens with one attached hydrogen (secondary N) is 1. The summed E-state index contributed by atoms with van der Waals surface area (Å²) in [5.41, 5.74) is 1.79. The van der Waals surface area contributed by atoms with E-state index in [0.29, 0.717) is 6.54 Å². The fourth-order valence-corrected chi connectivity index (χ4v) is 3.41. The first-order chi connectivity index (χ1) is 15.0. The molecule has 0 saturated heterocycles. The fourth-order valence-electron chi connectivity index (χ4n) is 3.41. The Morgan fingerprint density at radius 2 is 1.81 bits per heavy atom. The molecule has 2 aromatic carbocycles. The average Bonchev–Trinajstić information content (AvgIpc) is 3.04. The van der Waals surface area contributed by atoms with Crippen molar-refractivity contribution in [1.82, 2.24) is 9.88 Å². The zero-order chi connectivity index (χ0) is 23.5. The van der Waals surface area contributed by atoms with Crippen molar-refractivity contribution in [3.05, 3.63) is 76.0 Å². The van der Waals surface area contributed by atoms with Crippen molar-refractivity contribution >= 4 is 28.7 Å². The Morgan fingerprint density at radius 1 is 1.16 bits per heavy atom. The second kappa shape index (κ2) is 9.09. The first-order valence-corrected chi connectivity index (χ1v) is 10.1. The maximum absolute atomic E-state index is 12.1. The van der Waals surface area contributed by atoms with Crippen LogP contribution in [0.4, 0.5) is 10.5 Å². The Hall–Kier alpha value is -3.88. The van der Waals surface area contributed by atoms with Gasteiger partial charge in [-0.3, -0.25) is 10.1 Å². The van der Waals surface area contributed by atoms with Crippen LogP contribution in [0.2, 0.25) is 0 Å². The highest BCUT2D eigenvalue weighted by molar-refractivity contribution is 5.86. The van der Waals surface area contributed by atoms with E-state index in [2.05, 4.69) is 5.32 Å². The number of rotatable bonds is 7. The Balaban J connectivity index is 1.86. The number of carboxylic acids is 1. The van der Waals surface area contributed by atoms with Gasteiger partial charge in [-0.05, 0) is 38.0 Å². The van der Waals surface area contributed by atoms with Gasteiger partial charge in [-0.25, -0.2) is 9.59 Å². The number of carbonyl (C=O) groups is 2. The summed E-state index contributed by atoms with van der Waals surface area (Å²) in [6.07, 6.45) is 1.13. The second-order valence-electron chi connectivity index (χ2n) is 8.46. The van der Waals surface area contributed by atoms with Crippen molar-refractivity contribution in [2.24, 2.45) is 0 Å². The van der Waals surface area contributed by atoms with E-state index in [1.54, 1.807) is 32.9 Å². The molecule has 0 fully saturated rings. The number of ether oxygens (including phenoxy) is 1. The molecule has 0 aliphatic carbocycles. The predicted octanol–water partition coefficient (Wildman–Crippen LogP) is 4.12. The van der Waals surface area contributed by atoms with Gasteiger partial charge in [0.05, 0.1) is 4.92 Å². The van der Waals surface area contributed by atoms with Crippen LogP contribution in [0.3, 0.4) is 0 Å². The monoisotopic (exact) mass is 439 g/mol. The van der Waals surface area contributed by atoms with Crippen LogP contribution in [0.5, 0.6) is 0 Å². The summed E-state index contributed by atoms with van der Waals surface area (Å²) in [6, 6.07) is 12.7. The van der Waals surface area contributed by atoms with Gasteiger partial charge in [0.2, 0.25) is 0 Å². The first-order valence-electron chi connectivity index (χ1n) is 10.1. The molecule has 1 unspecified atom stereocenters. The summed E-state index contributed by atoms with van der Waals surface area (Å²) in [7, 11) is 0. The topological polar surface area (TPSA) is 124 Å². The van der Waals surface area contributed by atoms with Gasteiger partial charge in [0.1, 0.15) is 11.6 Å². The Bertz CT molecular complexity index is 1140. The smallest absolute Gasteiger partial charge is 0.408 e. The molecule has 2 N–H and O–H groups in total. The predicted molar refractivity (Wildman–Crippen MR) is 119 cm³/mol. The number of hydrogen-bond acceptors (Lipinski definition) is 5. The molecule has 0 aliphatic heterocycles. The number of nitro benzene ring substituents is 1. The second-order valence-corrected chi connectivity index (χ2v) is 8.46. The summed E-state index contributed by atoms with van der Waals surface area (Å²) in [5, 5.41) is 23.8. The van der Waals surface area contributed by atoms with Gasteiger partial charge >= 0.3 is 12.1 Å². The molecule has 0 bridgehead atoms. The third-order valence-electron chi connectivity index (χ3n) is 4.78. The molecule has 1 amide bonds. The number of nitro groups is 1. The van der Waals surface area contributed by atoms with Crippen LogP contribution in [0.1, 0.15) is 31.9 Å². The number of carbonyl (C=O) groups excluding carboxylic acids is 1. The van der Waals surface area contributed by atoms with Gasteiger partial charge in [0.15, 0.2) is 0 Å². The normalized spacial score (nSPS) is 12.3. The Morgan fingerprint density at radius 3 is 2.41 bits per heavy atom. The molecule has 0 spiro atoms. The lowest BCUT2D eigenvalue weighted by molar-refractivity contribution is -0.384. The molecule has 1 heterocycles. The highest BCUT2D eigenvalue weighted by Gasteiger charge is 2.25. The van der Waals surface area contributed by atoms with Gasteiger partial charge < -0.3 is 19.7 Å². The third kappa shape index (κ3) is 5.63.